The van der Waals surface area contributed by atoms with E-state index < -0.39 is 0 Å². The number of imidazole rings is 1. The molecule has 0 fully saturated rings. The van der Waals surface area contributed by atoms with Crippen molar-refractivity contribution in [2.24, 2.45) is 0 Å². The van der Waals surface area contributed by atoms with Gasteiger partial charge < -0.3 is 15.0 Å². The molecular weight excluding hydrogens is 397 g/mol. The Morgan fingerprint density at radius 1 is 1.06 bits per heavy atom. The van der Waals surface area contributed by atoms with E-state index in [0.29, 0.717) is 28.3 Å². The van der Waals surface area contributed by atoms with Gasteiger partial charge in [0.1, 0.15) is 18.2 Å². The first kappa shape index (κ1) is 20.2. The number of amides is 1. The van der Waals surface area contributed by atoms with Crippen molar-refractivity contribution in [3.8, 4) is 11.4 Å². The lowest BCUT2D eigenvalue weighted by Crippen LogP contribution is -2.16. The fourth-order valence-corrected chi connectivity index (χ4v) is 3.20. The van der Waals surface area contributed by atoms with Crippen molar-refractivity contribution in [3.05, 3.63) is 112 Å². The molecule has 0 aliphatic rings. The van der Waals surface area contributed by atoms with E-state index in [4.69, 9.17) is 4.74 Å². The molecule has 0 aliphatic heterocycles. The number of nitrogens with one attached hydrogen (secondary N) is 2. The topological polar surface area (TPSA) is 76.1 Å². The van der Waals surface area contributed by atoms with Gasteiger partial charge in [0.15, 0.2) is 0 Å². The van der Waals surface area contributed by atoms with Crippen LogP contribution in [0.15, 0.2) is 83.8 Å². The quantitative estimate of drug-likeness (QED) is 0.487. The van der Waals surface area contributed by atoms with Gasteiger partial charge >= 0.3 is 5.69 Å². The molecule has 1 heterocycles. The molecule has 0 atom stereocenters. The molecule has 1 aromatic heterocycles. The van der Waals surface area contributed by atoms with Crippen LogP contribution in [0.2, 0.25) is 0 Å². The molecule has 1 amide bonds. The molecule has 7 heteroatoms. The van der Waals surface area contributed by atoms with E-state index in [9.17, 15) is 14.0 Å². The van der Waals surface area contributed by atoms with E-state index in [1.165, 1.54) is 16.7 Å². The van der Waals surface area contributed by atoms with Gasteiger partial charge in [0.05, 0.1) is 5.69 Å². The van der Waals surface area contributed by atoms with Gasteiger partial charge in [0.25, 0.3) is 5.91 Å². The molecule has 0 bridgehead atoms. The zero-order valence-corrected chi connectivity index (χ0v) is 16.8. The van der Waals surface area contributed by atoms with Crippen LogP contribution in [0.5, 0.6) is 5.75 Å². The predicted molar refractivity (Wildman–Crippen MR) is 116 cm³/mol. The Morgan fingerprint density at radius 3 is 2.55 bits per heavy atom. The first-order chi connectivity index (χ1) is 15.0. The third-order valence-electron chi connectivity index (χ3n) is 4.73. The monoisotopic (exact) mass is 417 g/mol. The average molecular weight is 417 g/mol. The van der Waals surface area contributed by atoms with E-state index in [-0.39, 0.29) is 24.0 Å². The number of H-pyrrole nitrogens is 1. The highest BCUT2D eigenvalue weighted by atomic mass is 19.1. The minimum atomic E-state index is -0.315. The smallest absolute Gasteiger partial charge is 0.330 e. The van der Waals surface area contributed by atoms with Gasteiger partial charge in [0.2, 0.25) is 0 Å². The summed E-state index contributed by atoms with van der Waals surface area (Å²) in [5.74, 6) is -0.0450. The number of carbonyl (C=O) groups is 1. The van der Waals surface area contributed by atoms with E-state index in [0.717, 1.165) is 5.69 Å². The summed E-state index contributed by atoms with van der Waals surface area (Å²) in [7, 11) is 0. The number of ether oxygens (including phenoxy) is 1. The number of hydrogen-bond donors (Lipinski definition) is 2. The molecule has 31 heavy (non-hydrogen) atoms. The van der Waals surface area contributed by atoms with Crippen LogP contribution in [0.1, 0.15) is 21.6 Å². The fourth-order valence-electron chi connectivity index (χ4n) is 3.20. The van der Waals surface area contributed by atoms with E-state index >= 15 is 0 Å². The number of benzene rings is 3. The number of hydrogen-bond acceptors (Lipinski definition) is 3. The molecule has 6 nitrogen and oxygen atoms in total. The Morgan fingerprint density at radius 2 is 1.84 bits per heavy atom. The predicted octanol–water partition coefficient (Wildman–Crippen LogP) is 4.44. The van der Waals surface area contributed by atoms with Gasteiger partial charge in [-0.2, -0.15) is 0 Å². The minimum Gasteiger partial charge on any atom is -0.489 e. The Labute approximate surface area is 177 Å². The highest BCUT2D eigenvalue weighted by molar-refractivity contribution is 6.04. The number of carbonyl (C=O) groups excluding carboxylic acids is 1. The number of anilines is 1. The van der Waals surface area contributed by atoms with Crippen molar-refractivity contribution in [1.29, 1.82) is 0 Å². The minimum absolute atomic E-state index is 0.217. The van der Waals surface area contributed by atoms with Crippen molar-refractivity contribution >= 4 is 11.6 Å². The normalized spacial score (nSPS) is 10.6. The molecule has 0 unspecified atom stereocenters. The Balaban J connectivity index is 1.42. The van der Waals surface area contributed by atoms with Gasteiger partial charge in [0, 0.05) is 29.2 Å². The third-order valence-corrected chi connectivity index (χ3v) is 4.73. The van der Waals surface area contributed by atoms with Crippen LogP contribution in [0, 0.1) is 12.7 Å². The molecule has 4 aromatic rings. The Kier molecular flexibility index (Phi) is 5.66. The summed E-state index contributed by atoms with van der Waals surface area (Å²) < 4.78 is 20.5. The summed E-state index contributed by atoms with van der Waals surface area (Å²) in [5.41, 5.74) is 2.96. The summed E-state index contributed by atoms with van der Waals surface area (Å²) in [4.78, 5) is 27.1. The summed E-state index contributed by atoms with van der Waals surface area (Å²) in [6.45, 7) is 2.04. The second kappa shape index (κ2) is 8.71. The molecule has 0 saturated carbocycles. The second-order valence-corrected chi connectivity index (χ2v) is 7.02. The number of aryl methyl sites for hydroxylation is 1. The van der Waals surface area contributed by atoms with E-state index in [1.54, 1.807) is 66.9 Å². The summed E-state index contributed by atoms with van der Waals surface area (Å²) >= 11 is 0. The maximum absolute atomic E-state index is 13.3. The van der Waals surface area contributed by atoms with Crippen molar-refractivity contribution in [2.45, 2.75) is 13.5 Å². The zero-order chi connectivity index (χ0) is 21.8. The summed E-state index contributed by atoms with van der Waals surface area (Å²) in [6.07, 6.45) is 1.63. The molecule has 0 spiro atoms. The highest BCUT2D eigenvalue weighted by Crippen LogP contribution is 2.20. The third kappa shape index (κ3) is 4.72. The number of nitrogens with zero attached hydrogens (tertiary/aromatic N) is 1. The SMILES string of the molecule is Cc1c[nH]c(=O)n1-c1ccc(C(=O)Nc2cccc(OCc3cccc(F)c3)c2)cc1. The largest absolute Gasteiger partial charge is 0.489 e. The van der Waals surface area contributed by atoms with Crippen LogP contribution in [-0.2, 0) is 6.61 Å². The van der Waals surface area contributed by atoms with Crippen LogP contribution in [-0.4, -0.2) is 15.5 Å². The van der Waals surface area contributed by atoms with Crippen molar-refractivity contribution in [3.63, 3.8) is 0 Å². The molecule has 0 radical (unpaired) electrons. The fraction of sp³-hybridized carbons (Fsp3) is 0.0833. The lowest BCUT2D eigenvalue weighted by atomic mass is 10.2. The first-order valence-corrected chi connectivity index (χ1v) is 9.66. The molecule has 0 saturated heterocycles. The van der Waals surface area contributed by atoms with Crippen LogP contribution in [0.25, 0.3) is 5.69 Å². The van der Waals surface area contributed by atoms with E-state index in [2.05, 4.69) is 10.3 Å². The van der Waals surface area contributed by atoms with Gasteiger partial charge in [-0.15, -0.1) is 0 Å². The Bertz CT molecular complexity index is 1280. The van der Waals surface area contributed by atoms with Crippen molar-refractivity contribution in [2.75, 3.05) is 5.32 Å². The van der Waals surface area contributed by atoms with Gasteiger partial charge in [-0.3, -0.25) is 9.36 Å². The highest BCUT2D eigenvalue weighted by Gasteiger charge is 2.09. The Hall–Kier alpha value is -4.13. The molecular formula is C24H20FN3O3. The van der Waals surface area contributed by atoms with Crippen LogP contribution in [0.3, 0.4) is 0 Å². The molecule has 4 rings (SSSR count). The van der Waals surface area contributed by atoms with Crippen molar-refractivity contribution in [1.82, 2.24) is 9.55 Å². The van der Waals surface area contributed by atoms with Crippen molar-refractivity contribution < 1.29 is 13.9 Å². The second-order valence-electron chi connectivity index (χ2n) is 7.02. The number of rotatable bonds is 6. The van der Waals surface area contributed by atoms with Crippen LogP contribution >= 0.6 is 0 Å². The van der Waals surface area contributed by atoms with Gasteiger partial charge in [-0.25, -0.2) is 9.18 Å². The molecule has 3 aromatic carbocycles. The molecule has 0 aliphatic carbocycles. The standard InChI is InChI=1S/C24H20FN3O3/c1-16-14-26-24(30)28(16)21-10-8-18(9-11-21)23(29)27-20-6-3-7-22(13-20)31-15-17-4-2-5-19(25)12-17/h2-14H,15H2,1H3,(H,26,30)(H,27,29). The summed E-state index contributed by atoms with van der Waals surface area (Å²) in [6, 6.07) is 19.9. The number of aromatic nitrogens is 2. The maximum atomic E-state index is 13.3. The first-order valence-electron chi connectivity index (χ1n) is 9.66. The van der Waals surface area contributed by atoms with E-state index in [1.807, 2.05) is 6.92 Å². The lowest BCUT2D eigenvalue weighted by Gasteiger charge is -2.10. The van der Waals surface area contributed by atoms with Gasteiger partial charge in [-0.05, 0) is 61.0 Å². The van der Waals surface area contributed by atoms with Gasteiger partial charge in [-0.1, -0.05) is 18.2 Å². The van der Waals surface area contributed by atoms with Crippen LogP contribution < -0.4 is 15.7 Å². The average Bonchev–Trinajstić information content (AvgIpc) is 3.11. The number of aromatic amines is 1. The lowest BCUT2D eigenvalue weighted by molar-refractivity contribution is 0.102. The number of halogens is 1. The molecule has 156 valence electrons. The summed E-state index contributed by atoms with van der Waals surface area (Å²) in [5, 5.41) is 2.83. The van der Waals surface area contributed by atoms with Crippen LogP contribution in [0.4, 0.5) is 10.1 Å². The molecule has 2 N–H and O–H groups in total. The zero-order valence-electron chi connectivity index (χ0n) is 16.8. The maximum Gasteiger partial charge on any atom is 0.330 e.